The molecule has 0 saturated heterocycles. The zero-order valence-electron chi connectivity index (χ0n) is 11.3. The van der Waals surface area contributed by atoms with E-state index in [1.807, 2.05) is 13.0 Å². The summed E-state index contributed by atoms with van der Waals surface area (Å²) in [5, 5.41) is 0. The van der Waals surface area contributed by atoms with Gasteiger partial charge in [0.1, 0.15) is 0 Å². The van der Waals surface area contributed by atoms with Gasteiger partial charge in [-0.2, -0.15) is 4.39 Å². The zero-order chi connectivity index (χ0) is 13.8. The first-order valence-corrected chi connectivity index (χ1v) is 6.60. The molecule has 0 spiro atoms. The number of allylic oxidation sites excluding steroid dienone is 2. The number of aryl methyl sites for hydroxylation is 1. The molecule has 19 heavy (non-hydrogen) atoms. The summed E-state index contributed by atoms with van der Waals surface area (Å²) in [5.41, 5.74) is 2.42. The minimum Gasteiger partial charge on any atom is -0.466 e. The molecule has 102 valence electrons. The van der Waals surface area contributed by atoms with E-state index in [9.17, 15) is 9.18 Å². The topological polar surface area (TPSA) is 39.2 Å². The Morgan fingerprint density at radius 3 is 2.95 bits per heavy atom. The standard InChI is InChI=1S/C15H18FNO2/c1-3-19-15(18)12-6-4-11(5-7-12)13-10(2)8-9-17-14(13)16/h4,8-9,12H,3,5-7H2,1-2H3. The number of hydrogen-bond acceptors (Lipinski definition) is 3. The first kappa shape index (κ1) is 13.7. The highest BCUT2D eigenvalue weighted by Gasteiger charge is 2.24. The molecule has 0 radical (unpaired) electrons. The number of hydrogen-bond donors (Lipinski definition) is 0. The average molecular weight is 263 g/mol. The highest BCUT2D eigenvalue weighted by atomic mass is 19.1. The lowest BCUT2D eigenvalue weighted by Crippen LogP contribution is -2.19. The van der Waals surface area contributed by atoms with Crippen molar-refractivity contribution in [1.29, 1.82) is 0 Å². The molecule has 4 heteroatoms. The summed E-state index contributed by atoms with van der Waals surface area (Å²) in [7, 11) is 0. The molecule has 0 amide bonds. The Bertz CT molecular complexity index is 491. The lowest BCUT2D eigenvalue weighted by Gasteiger charge is -2.21. The van der Waals surface area contributed by atoms with Crippen molar-refractivity contribution in [1.82, 2.24) is 4.98 Å². The predicted molar refractivity (Wildman–Crippen MR) is 70.9 cm³/mol. The van der Waals surface area contributed by atoms with Gasteiger partial charge >= 0.3 is 5.97 Å². The fourth-order valence-electron chi connectivity index (χ4n) is 2.45. The van der Waals surface area contributed by atoms with Gasteiger partial charge < -0.3 is 4.74 Å². The summed E-state index contributed by atoms with van der Waals surface area (Å²) in [6.07, 6.45) is 5.42. The Kier molecular flexibility index (Phi) is 4.30. The highest BCUT2D eigenvalue weighted by Crippen LogP contribution is 2.33. The van der Waals surface area contributed by atoms with Crippen molar-refractivity contribution in [3.05, 3.63) is 35.4 Å². The van der Waals surface area contributed by atoms with Crippen LogP contribution in [-0.4, -0.2) is 17.6 Å². The molecule has 2 rings (SSSR count). The van der Waals surface area contributed by atoms with Crippen molar-refractivity contribution in [3.63, 3.8) is 0 Å². The van der Waals surface area contributed by atoms with Crippen LogP contribution in [-0.2, 0) is 9.53 Å². The number of nitrogens with zero attached hydrogens (tertiary/aromatic N) is 1. The van der Waals surface area contributed by atoms with Gasteiger partial charge in [-0.1, -0.05) is 6.08 Å². The quantitative estimate of drug-likeness (QED) is 0.620. The van der Waals surface area contributed by atoms with Gasteiger partial charge in [0.15, 0.2) is 0 Å². The van der Waals surface area contributed by atoms with Gasteiger partial charge in [-0.15, -0.1) is 0 Å². The molecular formula is C15H18FNO2. The van der Waals surface area contributed by atoms with E-state index in [0.717, 1.165) is 11.1 Å². The van der Waals surface area contributed by atoms with Gasteiger partial charge in [-0.3, -0.25) is 4.79 Å². The molecule has 1 aromatic rings. The SMILES string of the molecule is CCOC(=O)C1CC=C(c2c(C)ccnc2F)CC1. The summed E-state index contributed by atoms with van der Waals surface area (Å²) >= 11 is 0. The molecule has 0 bridgehead atoms. The molecule has 0 fully saturated rings. The Morgan fingerprint density at radius 1 is 1.58 bits per heavy atom. The Balaban J connectivity index is 2.15. The maximum Gasteiger partial charge on any atom is 0.309 e. The van der Waals surface area contributed by atoms with Crippen LogP contribution in [0.3, 0.4) is 0 Å². The third-order valence-corrected chi connectivity index (χ3v) is 3.46. The number of halogens is 1. The van der Waals surface area contributed by atoms with Gasteiger partial charge in [-0.25, -0.2) is 4.98 Å². The zero-order valence-corrected chi connectivity index (χ0v) is 11.3. The Labute approximate surface area is 112 Å². The summed E-state index contributed by atoms with van der Waals surface area (Å²) in [6.45, 7) is 4.08. The maximum atomic E-state index is 13.8. The fourth-order valence-corrected chi connectivity index (χ4v) is 2.45. The first-order chi connectivity index (χ1) is 9.13. The summed E-state index contributed by atoms with van der Waals surface area (Å²) in [6, 6.07) is 1.80. The molecule has 0 aliphatic heterocycles. The van der Waals surface area contributed by atoms with E-state index in [2.05, 4.69) is 4.98 Å². The van der Waals surface area contributed by atoms with Gasteiger partial charge in [0.25, 0.3) is 0 Å². The minimum atomic E-state index is -0.430. The van der Waals surface area contributed by atoms with E-state index in [1.54, 1.807) is 13.0 Å². The van der Waals surface area contributed by atoms with Crippen LogP contribution in [0.15, 0.2) is 18.3 Å². The Hall–Kier alpha value is -1.71. The van der Waals surface area contributed by atoms with Crippen LogP contribution in [0.1, 0.15) is 37.3 Å². The van der Waals surface area contributed by atoms with Crippen molar-refractivity contribution in [2.24, 2.45) is 5.92 Å². The molecule has 1 heterocycles. The van der Waals surface area contributed by atoms with E-state index in [0.29, 0.717) is 31.4 Å². The number of aromatic nitrogens is 1. The van der Waals surface area contributed by atoms with Crippen LogP contribution in [0.25, 0.3) is 5.57 Å². The summed E-state index contributed by atoms with van der Waals surface area (Å²) in [5.74, 6) is -0.675. The third kappa shape index (κ3) is 3.00. The highest BCUT2D eigenvalue weighted by molar-refractivity contribution is 5.76. The van der Waals surface area contributed by atoms with Crippen LogP contribution in [0.2, 0.25) is 0 Å². The minimum absolute atomic E-state index is 0.0938. The lowest BCUT2D eigenvalue weighted by molar-refractivity contribution is -0.148. The fraction of sp³-hybridized carbons (Fsp3) is 0.467. The second-order valence-corrected chi connectivity index (χ2v) is 4.75. The van der Waals surface area contributed by atoms with Gasteiger partial charge in [0, 0.05) is 11.8 Å². The molecule has 0 saturated carbocycles. The molecule has 1 aliphatic carbocycles. The molecule has 0 N–H and O–H groups in total. The van der Waals surface area contributed by atoms with E-state index >= 15 is 0 Å². The molecular weight excluding hydrogens is 245 g/mol. The van der Waals surface area contributed by atoms with Gasteiger partial charge in [0.2, 0.25) is 5.95 Å². The van der Waals surface area contributed by atoms with Crippen molar-refractivity contribution < 1.29 is 13.9 Å². The molecule has 1 atom stereocenters. The molecule has 1 aromatic heterocycles. The second kappa shape index (κ2) is 5.95. The number of ether oxygens (including phenoxy) is 1. The number of carbonyl (C=O) groups is 1. The monoisotopic (exact) mass is 263 g/mol. The molecule has 1 aliphatic rings. The third-order valence-electron chi connectivity index (χ3n) is 3.46. The van der Waals surface area contributed by atoms with Gasteiger partial charge in [0.05, 0.1) is 12.5 Å². The van der Waals surface area contributed by atoms with Crippen molar-refractivity contribution in [3.8, 4) is 0 Å². The molecule has 0 aromatic carbocycles. The van der Waals surface area contributed by atoms with Crippen LogP contribution in [0.5, 0.6) is 0 Å². The Morgan fingerprint density at radius 2 is 2.37 bits per heavy atom. The molecule has 3 nitrogen and oxygen atoms in total. The maximum absolute atomic E-state index is 13.8. The van der Waals surface area contributed by atoms with E-state index in [1.165, 1.54) is 6.20 Å². The van der Waals surface area contributed by atoms with Crippen molar-refractivity contribution in [2.45, 2.75) is 33.1 Å². The van der Waals surface area contributed by atoms with E-state index in [-0.39, 0.29) is 11.9 Å². The number of rotatable bonds is 3. The van der Waals surface area contributed by atoms with Crippen LogP contribution in [0.4, 0.5) is 4.39 Å². The van der Waals surface area contributed by atoms with Crippen LogP contribution < -0.4 is 0 Å². The largest absolute Gasteiger partial charge is 0.466 e. The number of esters is 1. The second-order valence-electron chi connectivity index (χ2n) is 4.75. The first-order valence-electron chi connectivity index (χ1n) is 6.60. The average Bonchev–Trinajstić information content (AvgIpc) is 2.39. The van der Waals surface area contributed by atoms with E-state index < -0.39 is 5.95 Å². The lowest BCUT2D eigenvalue weighted by atomic mass is 9.86. The van der Waals surface area contributed by atoms with E-state index in [4.69, 9.17) is 4.74 Å². The van der Waals surface area contributed by atoms with Crippen LogP contribution in [0, 0.1) is 18.8 Å². The predicted octanol–water partition coefficient (Wildman–Crippen LogP) is 3.28. The smallest absolute Gasteiger partial charge is 0.309 e. The van der Waals surface area contributed by atoms with Crippen LogP contribution >= 0.6 is 0 Å². The number of pyridine rings is 1. The van der Waals surface area contributed by atoms with Gasteiger partial charge in [-0.05, 0) is 50.3 Å². The van der Waals surface area contributed by atoms with Crippen molar-refractivity contribution in [2.75, 3.05) is 6.61 Å². The summed E-state index contributed by atoms with van der Waals surface area (Å²) < 4.78 is 18.8. The van der Waals surface area contributed by atoms with Crippen molar-refractivity contribution >= 4 is 11.5 Å². The number of carbonyl (C=O) groups excluding carboxylic acids is 1. The molecule has 1 unspecified atom stereocenters. The normalized spacial score (nSPS) is 18.9. The summed E-state index contributed by atoms with van der Waals surface area (Å²) in [4.78, 5) is 15.3.